The number of esters is 1. The van der Waals surface area contributed by atoms with Crippen LogP contribution in [0.1, 0.15) is 15.2 Å². The molecule has 10 heteroatoms. The summed E-state index contributed by atoms with van der Waals surface area (Å²) in [5.41, 5.74) is 0.450. The van der Waals surface area contributed by atoms with E-state index in [1.165, 1.54) is 55.9 Å². The van der Waals surface area contributed by atoms with Crippen molar-refractivity contribution in [2.45, 2.75) is 0 Å². The molecule has 0 saturated carbocycles. The van der Waals surface area contributed by atoms with Gasteiger partial charge in [-0.15, -0.1) is 11.3 Å². The lowest BCUT2D eigenvalue weighted by Gasteiger charge is -2.26. The van der Waals surface area contributed by atoms with Crippen LogP contribution in [-0.4, -0.2) is 38.0 Å². The monoisotopic (exact) mass is 478 g/mol. The molecule has 0 aliphatic carbocycles. The molecule has 34 heavy (non-hydrogen) atoms. The number of thiophene rings is 1. The average molecular weight is 478 g/mol. The molecule has 9 nitrogen and oxygen atoms in total. The van der Waals surface area contributed by atoms with Crippen LogP contribution in [0, 0.1) is 0 Å². The van der Waals surface area contributed by atoms with E-state index in [0.717, 1.165) is 4.90 Å². The van der Waals surface area contributed by atoms with Crippen molar-refractivity contribution in [2.24, 2.45) is 0 Å². The van der Waals surface area contributed by atoms with Gasteiger partial charge in [0.05, 0.1) is 19.9 Å². The number of carbonyl (C=O) groups excluding carboxylic acids is 4. The second-order valence-corrected chi connectivity index (χ2v) is 7.88. The zero-order chi connectivity index (χ0) is 24.2. The molecule has 3 aromatic rings. The Morgan fingerprint density at radius 3 is 2.38 bits per heavy atom. The minimum Gasteiger partial charge on any atom is -0.497 e. The number of imide groups is 2. The SMILES string of the molecule is COc1ccc(N2C(=O)NC(=O)/C(=C\c3ccc(OC(=O)c4cccs4)c(OC)c3)C2=O)cc1. The number of hydrogen-bond donors (Lipinski definition) is 1. The molecular weight excluding hydrogens is 460 g/mol. The lowest BCUT2D eigenvalue weighted by atomic mass is 10.1. The number of carbonyl (C=O) groups is 4. The second kappa shape index (κ2) is 9.59. The third-order valence-electron chi connectivity index (χ3n) is 4.86. The van der Waals surface area contributed by atoms with Crippen molar-refractivity contribution >= 4 is 46.9 Å². The first-order valence-corrected chi connectivity index (χ1v) is 10.8. The van der Waals surface area contributed by atoms with Gasteiger partial charge in [-0.3, -0.25) is 14.9 Å². The Hall–Kier alpha value is -4.44. The molecule has 4 rings (SSSR count). The van der Waals surface area contributed by atoms with Crippen LogP contribution in [0.3, 0.4) is 0 Å². The van der Waals surface area contributed by atoms with Crippen molar-refractivity contribution in [1.29, 1.82) is 0 Å². The minimum absolute atomic E-state index is 0.178. The standard InChI is InChI=1S/C24H18N2O7S/c1-31-16-8-6-15(7-9-16)26-22(28)17(21(27)25-24(26)30)12-14-5-10-18(19(13-14)32-2)33-23(29)20-4-3-11-34-20/h3-13H,1-2H3,(H,25,27,30)/b17-12+. The van der Waals surface area contributed by atoms with Crippen LogP contribution in [-0.2, 0) is 9.59 Å². The average Bonchev–Trinajstić information content (AvgIpc) is 3.38. The molecule has 1 fully saturated rings. The van der Waals surface area contributed by atoms with Crippen LogP contribution < -0.4 is 24.4 Å². The summed E-state index contributed by atoms with van der Waals surface area (Å²) in [7, 11) is 2.90. The maximum atomic E-state index is 13.0. The van der Waals surface area contributed by atoms with Gasteiger partial charge in [0.25, 0.3) is 11.8 Å². The first-order valence-electron chi connectivity index (χ1n) is 9.90. The molecule has 2 aromatic carbocycles. The second-order valence-electron chi connectivity index (χ2n) is 6.93. The number of barbiturate groups is 1. The van der Waals surface area contributed by atoms with Crippen molar-refractivity contribution in [3.63, 3.8) is 0 Å². The van der Waals surface area contributed by atoms with Crippen molar-refractivity contribution in [2.75, 3.05) is 19.1 Å². The first-order chi connectivity index (χ1) is 16.4. The number of nitrogens with zero attached hydrogens (tertiary/aromatic N) is 1. The number of hydrogen-bond acceptors (Lipinski definition) is 8. The highest BCUT2D eigenvalue weighted by atomic mass is 32.1. The van der Waals surface area contributed by atoms with Crippen LogP contribution in [0.25, 0.3) is 6.08 Å². The summed E-state index contributed by atoms with van der Waals surface area (Å²) < 4.78 is 15.8. The lowest BCUT2D eigenvalue weighted by Crippen LogP contribution is -2.54. The largest absolute Gasteiger partial charge is 0.497 e. The fourth-order valence-corrected chi connectivity index (χ4v) is 3.79. The number of benzene rings is 2. The van der Waals surface area contributed by atoms with Gasteiger partial charge in [0, 0.05) is 0 Å². The van der Waals surface area contributed by atoms with E-state index in [1.807, 2.05) is 0 Å². The van der Waals surface area contributed by atoms with Crippen molar-refractivity contribution in [3.05, 3.63) is 76.0 Å². The van der Waals surface area contributed by atoms with Gasteiger partial charge in [-0.25, -0.2) is 14.5 Å². The molecule has 1 aromatic heterocycles. The molecule has 172 valence electrons. The van der Waals surface area contributed by atoms with Crippen LogP contribution in [0.4, 0.5) is 10.5 Å². The molecule has 1 aliphatic rings. The van der Waals surface area contributed by atoms with Gasteiger partial charge in [0.15, 0.2) is 11.5 Å². The number of ether oxygens (including phenoxy) is 3. The highest BCUT2D eigenvalue weighted by Crippen LogP contribution is 2.31. The van der Waals surface area contributed by atoms with E-state index in [9.17, 15) is 19.2 Å². The van der Waals surface area contributed by atoms with E-state index in [0.29, 0.717) is 16.2 Å². The zero-order valence-corrected chi connectivity index (χ0v) is 18.9. The molecule has 0 bridgehead atoms. The quantitative estimate of drug-likeness (QED) is 0.249. The Bertz CT molecular complexity index is 1300. The molecule has 1 aliphatic heterocycles. The Kier molecular flexibility index (Phi) is 6.42. The molecule has 4 amide bonds. The number of methoxy groups -OCH3 is 2. The summed E-state index contributed by atoms with van der Waals surface area (Å²) in [6.45, 7) is 0. The van der Waals surface area contributed by atoms with Crippen molar-refractivity contribution in [1.82, 2.24) is 5.32 Å². The molecule has 2 heterocycles. The summed E-state index contributed by atoms with van der Waals surface area (Å²) >= 11 is 1.25. The Morgan fingerprint density at radius 2 is 1.74 bits per heavy atom. The normalized spacial score (nSPS) is 14.7. The van der Waals surface area contributed by atoms with Gasteiger partial charge < -0.3 is 14.2 Å². The van der Waals surface area contributed by atoms with Crippen LogP contribution >= 0.6 is 11.3 Å². The van der Waals surface area contributed by atoms with E-state index >= 15 is 0 Å². The fourth-order valence-electron chi connectivity index (χ4n) is 3.19. The third kappa shape index (κ3) is 4.52. The van der Waals surface area contributed by atoms with E-state index in [4.69, 9.17) is 14.2 Å². The van der Waals surface area contributed by atoms with Crippen molar-refractivity contribution in [3.8, 4) is 17.2 Å². The number of rotatable bonds is 6. The van der Waals surface area contributed by atoms with Gasteiger partial charge in [0.1, 0.15) is 16.2 Å². The lowest BCUT2D eigenvalue weighted by molar-refractivity contribution is -0.122. The number of urea groups is 1. The molecule has 1 N–H and O–H groups in total. The topological polar surface area (TPSA) is 111 Å². The van der Waals surface area contributed by atoms with E-state index < -0.39 is 23.8 Å². The molecule has 1 saturated heterocycles. The number of nitrogens with one attached hydrogen (secondary N) is 1. The molecular formula is C24H18N2O7S. The Morgan fingerprint density at radius 1 is 0.971 bits per heavy atom. The summed E-state index contributed by atoms with van der Waals surface area (Å²) in [4.78, 5) is 51.4. The van der Waals surface area contributed by atoms with Crippen LogP contribution in [0.2, 0.25) is 0 Å². The Labute approximate surface area is 198 Å². The first kappa shape index (κ1) is 22.7. The zero-order valence-electron chi connectivity index (χ0n) is 18.1. The summed E-state index contributed by atoms with van der Waals surface area (Å²) in [5, 5.41) is 3.93. The predicted molar refractivity (Wildman–Crippen MR) is 124 cm³/mol. The maximum Gasteiger partial charge on any atom is 0.353 e. The van der Waals surface area contributed by atoms with E-state index in [-0.39, 0.29) is 22.8 Å². The van der Waals surface area contributed by atoms with Gasteiger partial charge in [-0.05, 0) is 59.5 Å². The van der Waals surface area contributed by atoms with Gasteiger partial charge in [-0.1, -0.05) is 12.1 Å². The predicted octanol–water partition coefficient (Wildman–Crippen LogP) is 3.65. The smallest absolute Gasteiger partial charge is 0.353 e. The van der Waals surface area contributed by atoms with Crippen molar-refractivity contribution < 1.29 is 33.4 Å². The molecule has 0 spiro atoms. The number of anilines is 1. The highest BCUT2D eigenvalue weighted by molar-refractivity contribution is 7.12. The van der Waals surface area contributed by atoms with Crippen LogP contribution in [0.5, 0.6) is 17.2 Å². The Balaban J connectivity index is 1.62. The van der Waals surface area contributed by atoms with Gasteiger partial charge >= 0.3 is 12.0 Å². The third-order valence-corrected chi connectivity index (χ3v) is 5.71. The maximum absolute atomic E-state index is 13.0. The number of amides is 4. The van der Waals surface area contributed by atoms with Crippen LogP contribution in [0.15, 0.2) is 65.6 Å². The van der Waals surface area contributed by atoms with Gasteiger partial charge in [-0.2, -0.15) is 0 Å². The molecule has 0 unspecified atom stereocenters. The molecule has 0 radical (unpaired) electrons. The molecule has 0 atom stereocenters. The summed E-state index contributed by atoms with van der Waals surface area (Å²) in [6.07, 6.45) is 1.33. The minimum atomic E-state index is -0.856. The fraction of sp³-hybridized carbons (Fsp3) is 0.0833. The van der Waals surface area contributed by atoms with Gasteiger partial charge in [0.2, 0.25) is 0 Å². The van der Waals surface area contributed by atoms with E-state index in [1.54, 1.807) is 35.7 Å². The summed E-state index contributed by atoms with van der Waals surface area (Å²) in [5.74, 6) is -1.19. The summed E-state index contributed by atoms with van der Waals surface area (Å²) in [6, 6.07) is 13.3. The highest BCUT2D eigenvalue weighted by Gasteiger charge is 2.36. The van der Waals surface area contributed by atoms with E-state index in [2.05, 4.69) is 5.32 Å².